The third kappa shape index (κ3) is 5.75. The van der Waals surface area contributed by atoms with Crippen LogP contribution in [0.25, 0.3) is 5.69 Å². The summed E-state index contributed by atoms with van der Waals surface area (Å²) in [6.07, 6.45) is 4.02. The van der Waals surface area contributed by atoms with Gasteiger partial charge in [-0.05, 0) is 67.6 Å². The second-order valence-corrected chi connectivity index (χ2v) is 11.1. The number of rotatable bonds is 8. The van der Waals surface area contributed by atoms with E-state index in [1.54, 1.807) is 24.3 Å². The maximum absolute atomic E-state index is 12.9. The van der Waals surface area contributed by atoms with Gasteiger partial charge in [0, 0.05) is 21.2 Å². The molecule has 0 aliphatic heterocycles. The Morgan fingerprint density at radius 1 is 1.08 bits per heavy atom. The van der Waals surface area contributed by atoms with E-state index in [-0.39, 0.29) is 24.1 Å². The van der Waals surface area contributed by atoms with E-state index in [2.05, 4.69) is 26.9 Å². The van der Waals surface area contributed by atoms with Gasteiger partial charge in [0.2, 0.25) is 5.91 Å². The Hall–Kier alpha value is -3.65. The van der Waals surface area contributed by atoms with E-state index in [1.807, 2.05) is 34.9 Å². The molecule has 0 saturated heterocycles. The van der Waals surface area contributed by atoms with Gasteiger partial charge in [-0.1, -0.05) is 41.6 Å². The maximum atomic E-state index is 12.9. The number of halogens is 1. The van der Waals surface area contributed by atoms with Crippen LogP contribution in [0.4, 0.5) is 5.00 Å². The summed E-state index contributed by atoms with van der Waals surface area (Å²) in [7, 11) is 0. The number of anilines is 1. The molecule has 2 N–H and O–H groups in total. The van der Waals surface area contributed by atoms with Crippen molar-refractivity contribution in [3.8, 4) is 11.8 Å². The molecule has 192 valence electrons. The molecule has 0 atom stereocenters. The summed E-state index contributed by atoms with van der Waals surface area (Å²) in [6, 6.07) is 18.4. The first-order valence-electron chi connectivity index (χ1n) is 12.0. The zero-order valence-corrected chi connectivity index (χ0v) is 22.6. The topological polar surface area (TPSA) is 113 Å². The molecular formula is C27H23ClN6O2S2. The summed E-state index contributed by atoms with van der Waals surface area (Å²) < 4.78 is 1.82. The number of hydrogen-bond donors (Lipinski definition) is 2. The smallest absolute Gasteiger partial charge is 0.251 e. The van der Waals surface area contributed by atoms with Crippen LogP contribution in [0, 0.1) is 11.3 Å². The summed E-state index contributed by atoms with van der Waals surface area (Å²) >= 11 is 8.67. The summed E-state index contributed by atoms with van der Waals surface area (Å²) in [5, 5.41) is 25.8. The van der Waals surface area contributed by atoms with Gasteiger partial charge in [-0.25, -0.2) is 0 Å². The molecule has 2 aromatic heterocycles. The fourth-order valence-corrected chi connectivity index (χ4v) is 6.43. The summed E-state index contributed by atoms with van der Waals surface area (Å²) in [5.41, 5.74) is 2.97. The van der Waals surface area contributed by atoms with Gasteiger partial charge in [-0.3, -0.25) is 14.2 Å². The predicted octanol–water partition coefficient (Wildman–Crippen LogP) is 5.39. The molecule has 38 heavy (non-hydrogen) atoms. The molecule has 0 spiro atoms. The van der Waals surface area contributed by atoms with Crippen molar-refractivity contribution >= 4 is 51.5 Å². The first-order chi connectivity index (χ1) is 18.5. The Kier molecular flexibility index (Phi) is 8.08. The number of fused-ring (bicyclic) bond motifs is 1. The second kappa shape index (κ2) is 11.8. The highest BCUT2D eigenvalue weighted by molar-refractivity contribution is 7.99. The zero-order valence-electron chi connectivity index (χ0n) is 20.2. The zero-order chi connectivity index (χ0) is 26.5. The number of amides is 2. The van der Waals surface area contributed by atoms with Gasteiger partial charge in [0.1, 0.15) is 11.1 Å². The van der Waals surface area contributed by atoms with Crippen molar-refractivity contribution in [1.29, 1.82) is 5.26 Å². The van der Waals surface area contributed by atoms with Crippen LogP contribution in [0.1, 0.15) is 45.0 Å². The van der Waals surface area contributed by atoms with Crippen molar-refractivity contribution in [2.45, 2.75) is 37.4 Å². The number of nitrogens with one attached hydrogen (secondary N) is 2. The molecule has 5 rings (SSSR count). The van der Waals surface area contributed by atoms with Crippen LogP contribution >= 0.6 is 34.7 Å². The van der Waals surface area contributed by atoms with Crippen LogP contribution in [0.2, 0.25) is 5.02 Å². The normalized spacial score (nSPS) is 12.4. The van der Waals surface area contributed by atoms with Crippen molar-refractivity contribution in [1.82, 2.24) is 20.1 Å². The Bertz CT molecular complexity index is 1510. The number of carbonyl (C=O) groups is 2. The van der Waals surface area contributed by atoms with Crippen molar-refractivity contribution < 1.29 is 9.59 Å². The highest BCUT2D eigenvalue weighted by Gasteiger charge is 2.22. The second-order valence-electron chi connectivity index (χ2n) is 8.62. The molecule has 2 aromatic carbocycles. The van der Waals surface area contributed by atoms with Crippen molar-refractivity contribution in [2.24, 2.45) is 0 Å². The number of thioether (sulfide) groups is 1. The quantitative estimate of drug-likeness (QED) is 0.278. The molecule has 0 fully saturated rings. The highest BCUT2D eigenvalue weighted by atomic mass is 35.5. The molecule has 2 amide bonds. The number of para-hydroxylation sites is 1. The minimum absolute atomic E-state index is 0.0928. The molecule has 11 heteroatoms. The third-order valence-corrected chi connectivity index (χ3v) is 8.48. The van der Waals surface area contributed by atoms with Crippen LogP contribution in [0.15, 0.2) is 59.8 Å². The SMILES string of the molecule is N#Cc1c(NC(=O)CSc2nnc(CNC(=O)c3ccc(Cl)cc3)n2-c2ccccc2)sc2c1CCCC2. The first-order valence-corrected chi connectivity index (χ1v) is 14.2. The molecule has 0 unspecified atom stereocenters. The van der Waals surface area contributed by atoms with E-state index in [4.69, 9.17) is 11.6 Å². The van der Waals surface area contributed by atoms with E-state index in [9.17, 15) is 14.9 Å². The lowest BCUT2D eigenvalue weighted by atomic mass is 9.96. The summed E-state index contributed by atoms with van der Waals surface area (Å²) in [4.78, 5) is 26.7. The number of nitrogens with zero attached hydrogens (tertiary/aromatic N) is 4. The minimum atomic E-state index is -0.259. The fraction of sp³-hybridized carbons (Fsp3) is 0.222. The number of benzene rings is 2. The van der Waals surface area contributed by atoms with Crippen LogP contribution in [-0.4, -0.2) is 32.3 Å². The van der Waals surface area contributed by atoms with E-state index >= 15 is 0 Å². The number of thiophene rings is 1. The maximum Gasteiger partial charge on any atom is 0.251 e. The number of aromatic nitrogens is 3. The molecule has 4 aromatic rings. The van der Waals surface area contributed by atoms with E-state index in [0.29, 0.717) is 32.1 Å². The van der Waals surface area contributed by atoms with E-state index in [1.165, 1.54) is 28.0 Å². The van der Waals surface area contributed by atoms with Crippen LogP contribution in [0.3, 0.4) is 0 Å². The third-order valence-electron chi connectivity index (χ3n) is 6.10. The van der Waals surface area contributed by atoms with Crippen LogP contribution in [0.5, 0.6) is 0 Å². The van der Waals surface area contributed by atoms with Crippen molar-refractivity contribution in [3.05, 3.63) is 87.0 Å². The number of nitriles is 1. The molecule has 0 bridgehead atoms. The van der Waals surface area contributed by atoms with Crippen LogP contribution < -0.4 is 10.6 Å². The van der Waals surface area contributed by atoms with Crippen molar-refractivity contribution in [2.75, 3.05) is 11.1 Å². The standard InChI is InChI=1S/C27H23ClN6O2S2/c28-18-12-10-17(11-13-18)25(36)30-15-23-32-33-27(34(23)19-6-2-1-3-7-19)37-16-24(35)31-26-21(14-29)20-8-4-5-9-22(20)38-26/h1-3,6-7,10-13H,4-5,8-9,15-16H2,(H,30,36)(H,31,35). The largest absolute Gasteiger partial charge is 0.345 e. The molecule has 8 nitrogen and oxygen atoms in total. The van der Waals surface area contributed by atoms with Gasteiger partial charge in [0.05, 0.1) is 17.9 Å². The van der Waals surface area contributed by atoms with Crippen molar-refractivity contribution in [3.63, 3.8) is 0 Å². The lowest BCUT2D eigenvalue weighted by molar-refractivity contribution is -0.113. The Labute approximate surface area is 233 Å². The molecule has 1 aliphatic rings. The number of carbonyl (C=O) groups excluding carboxylic acids is 2. The van der Waals surface area contributed by atoms with E-state index in [0.717, 1.165) is 36.9 Å². The van der Waals surface area contributed by atoms with Gasteiger partial charge < -0.3 is 10.6 Å². The lowest BCUT2D eigenvalue weighted by Crippen LogP contribution is -2.24. The highest BCUT2D eigenvalue weighted by Crippen LogP contribution is 2.37. The van der Waals surface area contributed by atoms with E-state index < -0.39 is 0 Å². The Morgan fingerprint density at radius 3 is 2.61 bits per heavy atom. The van der Waals surface area contributed by atoms with Gasteiger partial charge >= 0.3 is 0 Å². The first kappa shape index (κ1) is 26.0. The minimum Gasteiger partial charge on any atom is -0.345 e. The average molecular weight is 563 g/mol. The lowest BCUT2D eigenvalue weighted by Gasteiger charge is -2.11. The van der Waals surface area contributed by atoms with Gasteiger partial charge in [0.25, 0.3) is 5.91 Å². The molecule has 0 radical (unpaired) electrons. The molecular weight excluding hydrogens is 540 g/mol. The predicted molar refractivity (Wildman–Crippen MR) is 149 cm³/mol. The monoisotopic (exact) mass is 562 g/mol. The molecule has 2 heterocycles. The number of aryl methyl sites for hydroxylation is 1. The Balaban J connectivity index is 1.30. The summed E-state index contributed by atoms with van der Waals surface area (Å²) in [5.74, 6) is 0.143. The number of hydrogen-bond acceptors (Lipinski definition) is 7. The Morgan fingerprint density at radius 2 is 1.84 bits per heavy atom. The van der Waals surface area contributed by atoms with Crippen LogP contribution in [-0.2, 0) is 24.2 Å². The van der Waals surface area contributed by atoms with Gasteiger partial charge in [0.15, 0.2) is 11.0 Å². The average Bonchev–Trinajstić information content (AvgIpc) is 3.51. The molecule has 0 saturated carbocycles. The summed E-state index contributed by atoms with van der Waals surface area (Å²) in [6.45, 7) is 0.141. The molecule has 1 aliphatic carbocycles. The van der Waals surface area contributed by atoms with Gasteiger partial charge in [-0.15, -0.1) is 21.5 Å². The van der Waals surface area contributed by atoms with Gasteiger partial charge in [-0.2, -0.15) is 5.26 Å². The fourth-order valence-electron chi connectivity index (χ4n) is 4.27.